The number of aromatic nitrogens is 1. The van der Waals surface area contributed by atoms with Crippen molar-refractivity contribution in [3.05, 3.63) is 53.9 Å². The third kappa shape index (κ3) is 2.59. The number of ether oxygens (including phenoxy) is 1. The van der Waals surface area contributed by atoms with Gasteiger partial charge in [-0.2, -0.15) is 0 Å². The van der Waals surface area contributed by atoms with Gasteiger partial charge in [0.15, 0.2) is 0 Å². The molecule has 2 unspecified atom stereocenters. The Morgan fingerprint density at radius 3 is 3.05 bits per heavy atom. The summed E-state index contributed by atoms with van der Waals surface area (Å²) >= 11 is 0. The summed E-state index contributed by atoms with van der Waals surface area (Å²) < 4.78 is 7.98. The van der Waals surface area contributed by atoms with E-state index in [-0.39, 0.29) is 6.04 Å². The molecular formula is C17H22N2O. The van der Waals surface area contributed by atoms with Gasteiger partial charge in [0.05, 0.1) is 6.61 Å². The molecule has 2 aromatic rings. The van der Waals surface area contributed by atoms with Crippen LogP contribution in [0.3, 0.4) is 0 Å². The first-order valence-electron chi connectivity index (χ1n) is 7.41. The first-order valence-corrected chi connectivity index (χ1v) is 7.41. The minimum atomic E-state index is 0.151. The van der Waals surface area contributed by atoms with Crippen LogP contribution < -0.4 is 10.5 Å². The topological polar surface area (TPSA) is 40.2 Å². The van der Waals surface area contributed by atoms with E-state index in [2.05, 4.69) is 48.1 Å². The van der Waals surface area contributed by atoms with E-state index in [0.29, 0.717) is 5.92 Å². The SMILES string of the molecule is CCC(N)c1ccn(CC2CCOc3ccccc32)c1. The van der Waals surface area contributed by atoms with Crippen LogP contribution in [0.25, 0.3) is 0 Å². The van der Waals surface area contributed by atoms with Crippen molar-refractivity contribution in [1.29, 1.82) is 0 Å². The standard InChI is InChI=1S/C17H22N2O/c1-2-16(18)14-7-9-19(12-14)11-13-8-10-20-17-6-4-3-5-15(13)17/h3-7,9,12-13,16H,2,8,10-11,18H2,1H3. The normalized spacial score (nSPS) is 19.2. The van der Waals surface area contributed by atoms with Crippen molar-refractivity contribution < 1.29 is 4.74 Å². The zero-order valence-electron chi connectivity index (χ0n) is 12.0. The lowest BCUT2D eigenvalue weighted by Crippen LogP contribution is -2.18. The van der Waals surface area contributed by atoms with Gasteiger partial charge in [-0.15, -0.1) is 0 Å². The smallest absolute Gasteiger partial charge is 0.122 e. The quantitative estimate of drug-likeness (QED) is 0.924. The van der Waals surface area contributed by atoms with Crippen molar-refractivity contribution in [1.82, 2.24) is 4.57 Å². The molecule has 3 heteroatoms. The largest absolute Gasteiger partial charge is 0.493 e. The van der Waals surface area contributed by atoms with Crippen LogP contribution in [0.1, 0.15) is 42.9 Å². The average Bonchev–Trinajstić information content (AvgIpc) is 2.95. The molecule has 20 heavy (non-hydrogen) atoms. The van der Waals surface area contributed by atoms with Crippen molar-refractivity contribution in [2.75, 3.05) is 6.61 Å². The van der Waals surface area contributed by atoms with Crippen molar-refractivity contribution in [2.45, 2.75) is 38.3 Å². The van der Waals surface area contributed by atoms with E-state index in [0.717, 1.165) is 31.7 Å². The number of hydrogen-bond donors (Lipinski definition) is 1. The lowest BCUT2D eigenvalue weighted by Gasteiger charge is -2.26. The van der Waals surface area contributed by atoms with E-state index in [1.165, 1.54) is 11.1 Å². The predicted octanol–water partition coefficient (Wildman–Crippen LogP) is 3.46. The Hall–Kier alpha value is -1.74. The number of para-hydroxylation sites is 1. The molecule has 2 atom stereocenters. The first-order chi connectivity index (χ1) is 9.78. The third-order valence-corrected chi connectivity index (χ3v) is 4.16. The lowest BCUT2D eigenvalue weighted by atomic mass is 9.93. The van der Waals surface area contributed by atoms with Gasteiger partial charge in [0.2, 0.25) is 0 Å². The Balaban J connectivity index is 1.77. The van der Waals surface area contributed by atoms with Crippen LogP contribution in [0.5, 0.6) is 5.75 Å². The van der Waals surface area contributed by atoms with Gasteiger partial charge >= 0.3 is 0 Å². The Morgan fingerprint density at radius 1 is 1.35 bits per heavy atom. The van der Waals surface area contributed by atoms with Crippen LogP contribution >= 0.6 is 0 Å². The Kier molecular flexibility index (Phi) is 3.79. The molecule has 0 saturated carbocycles. The Morgan fingerprint density at radius 2 is 2.20 bits per heavy atom. The highest BCUT2D eigenvalue weighted by atomic mass is 16.5. The molecule has 0 spiro atoms. The van der Waals surface area contributed by atoms with E-state index >= 15 is 0 Å². The lowest BCUT2D eigenvalue weighted by molar-refractivity contribution is 0.259. The van der Waals surface area contributed by atoms with Crippen LogP contribution in [0, 0.1) is 0 Å². The van der Waals surface area contributed by atoms with Gasteiger partial charge in [-0.25, -0.2) is 0 Å². The summed E-state index contributed by atoms with van der Waals surface area (Å²) in [6.45, 7) is 3.93. The number of nitrogens with two attached hydrogens (primary N) is 1. The second-order valence-electron chi connectivity index (χ2n) is 5.53. The summed E-state index contributed by atoms with van der Waals surface area (Å²) in [5.74, 6) is 1.57. The summed E-state index contributed by atoms with van der Waals surface area (Å²) in [4.78, 5) is 0. The van der Waals surface area contributed by atoms with Gasteiger partial charge in [-0.1, -0.05) is 25.1 Å². The highest BCUT2D eigenvalue weighted by Gasteiger charge is 2.21. The zero-order chi connectivity index (χ0) is 13.9. The Labute approximate surface area is 120 Å². The van der Waals surface area contributed by atoms with E-state index in [9.17, 15) is 0 Å². The molecule has 2 heterocycles. The van der Waals surface area contributed by atoms with Crippen molar-refractivity contribution in [3.63, 3.8) is 0 Å². The van der Waals surface area contributed by atoms with E-state index in [4.69, 9.17) is 10.5 Å². The molecule has 3 rings (SSSR count). The third-order valence-electron chi connectivity index (χ3n) is 4.16. The van der Waals surface area contributed by atoms with Crippen LogP contribution in [-0.4, -0.2) is 11.2 Å². The van der Waals surface area contributed by atoms with Gasteiger partial charge in [0.25, 0.3) is 0 Å². The number of nitrogens with zero attached hydrogens (tertiary/aromatic N) is 1. The first kappa shape index (κ1) is 13.3. The number of fused-ring (bicyclic) bond motifs is 1. The molecule has 1 aliphatic heterocycles. The fourth-order valence-corrected chi connectivity index (χ4v) is 2.89. The maximum Gasteiger partial charge on any atom is 0.122 e. The minimum absolute atomic E-state index is 0.151. The molecule has 1 aromatic heterocycles. The molecule has 1 aliphatic rings. The maximum absolute atomic E-state index is 6.08. The van der Waals surface area contributed by atoms with Crippen LogP contribution in [0.15, 0.2) is 42.7 Å². The summed E-state index contributed by atoms with van der Waals surface area (Å²) in [7, 11) is 0. The van der Waals surface area contributed by atoms with Crippen LogP contribution in [-0.2, 0) is 6.54 Å². The van der Waals surface area contributed by atoms with Gasteiger partial charge < -0.3 is 15.0 Å². The number of rotatable bonds is 4. The second-order valence-corrected chi connectivity index (χ2v) is 5.53. The molecule has 106 valence electrons. The summed E-state index contributed by atoms with van der Waals surface area (Å²) in [5, 5.41) is 0. The van der Waals surface area contributed by atoms with Crippen molar-refractivity contribution in [2.24, 2.45) is 5.73 Å². The molecule has 0 fully saturated rings. The summed E-state index contributed by atoms with van der Waals surface area (Å²) in [6.07, 6.45) is 6.38. The van der Waals surface area contributed by atoms with E-state index in [1.807, 2.05) is 6.07 Å². The molecule has 0 saturated heterocycles. The monoisotopic (exact) mass is 270 g/mol. The minimum Gasteiger partial charge on any atom is -0.493 e. The molecule has 0 aliphatic carbocycles. The number of benzene rings is 1. The molecule has 0 bridgehead atoms. The van der Waals surface area contributed by atoms with E-state index < -0.39 is 0 Å². The second kappa shape index (κ2) is 5.71. The fourth-order valence-electron chi connectivity index (χ4n) is 2.89. The van der Waals surface area contributed by atoms with Crippen molar-refractivity contribution in [3.8, 4) is 5.75 Å². The van der Waals surface area contributed by atoms with Crippen LogP contribution in [0.2, 0.25) is 0 Å². The highest BCUT2D eigenvalue weighted by Crippen LogP contribution is 2.34. The van der Waals surface area contributed by atoms with Gasteiger partial charge in [-0.05, 0) is 36.1 Å². The van der Waals surface area contributed by atoms with Gasteiger partial charge in [0, 0.05) is 30.9 Å². The predicted molar refractivity (Wildman–Crippen MR) is 80.9 cm³/mol. The summed E-state index contributed by atoms with van der Waals surface area (Å²) in [6, 6.07) is 10.7. The zero-order valence-corrected chi connectivity index (χ0v) is 12.0. The molecule has 0 radical (unpaired) electrons. The van der Waals surface area contributed by atoms with Crippen molar-refractivity contribution >= 4 is 0 Å². The molecular weight excluding hydrogens is 248 g/mol. The summed E-state index contributed by atoms with van der Waals surface area (Å²) in [5.41, 5.74) is 8.64. The average molecular weight is 270 g/mol. The molecule has 3 nitrogen and oxygen atoms in total. The fraction of sp³-hybridized carbons (Fsp3) is 0.412. The molecule has 2 N–H and O–H groups in total. The highest BCUT2D eigenvalue weighted by molar-refractivity contribution is 5.37. The number of hydrogen-bond acceptors (Lipinski definition) is 2. The van der Waals surface area contributed by atoms with Gasteiger partial charge in [0.1, 0.15) is 5.75 Å². The Bertz CT molecular complexity index is 576. The van der Waals surface area contributed by atoms with Crippen LogP contribution in [0.4, 0.5) is 0 Å². The van der Waals surface area contributed by atoms with E-state index in [1.54, 1.807) is 0 Å². The molecule has 0 amide bonds. The maximum atomic E-state index is 6.08. The van der Waals surface area contributed by atoms with Gasteiger partial charge in [-0.3, -0.25) is 0 Å². The molecule has 1 aromatic carbocycles.